The number of rotatable bonds is 6. The smallest absolute Gasteiger partial charge is 0.306 e. The van der Waals surface area contributed by atoms with Crippen LogP contribution < -0.4 is 0 Å². The van der Waals surface area contributed by atoms with Gasteiger partial charge in [0, 0.05) is 0 Å². The van der Waals surface area contributed by atoms with Gasteiger partial charge in [-0.25, -0.2) is 0 Å². The molecule has 1 rings (SSSR count). The fourth-order valence-corrected chi connectivity index (χ4v) is 3.69. The second-order valence-electron chi connectivity index (χ2n) is 5.51. The molecule has 0 aromatic rings. The largest absolute Gasteiger partial charge is 0.481 e. The Labute approximate surface area is 110 Å². The standard InChI is InChI=1S/C14H26O2S/c1-4-17-8-7-12-9-11(10(2)3)5-6-13(12)14(15)16/h10-13H,4-9H2,1-3H3,(H,15,16). The predicted octanol–water partition coefficient (Wildman–Crippen LogP) is 3.90. The molecular formula is C14H26O2S. The summed E-state index contributed by atoms with van der Waals surface area (Å²) < 4.78 is 0. The minimum absolute atomic E-state index is 0.0811. The van der Waals surface area contributed by atoms with Gasteiger partial charge < -0.3 is 5.11 Å². The number of aliphatic carboxylic acids is 1. The number of carboxylic acid groups (broad SMARTS) is 1. The predicted molar refractivity (Wildman–Crippen MR) is 74.4 cm³/mol. The quantitative estimate of drug-likeness (QED) is 0.734. The van der Waals surface area contributed by atoms with E-state index in [-0.39, 0.29) is 5.92 Å². The van der Waals surface area contributed by atoms with E-state index in [2.05, 4.69) is 20.8 Å². The average Bonchev–Trinajstić information content (AvgIpc) is 2.28. The first-order valence-electron chi connectivity index (χ1n) is 6.86. The number of thioether (sulfide) groups is 1. The molecule has 1 fully saturated rings. The maximum absolute atomic E-state index is 11.3. The molecule has 100 valence electrons. The van der Waals surface area contributed by atoms with E-state index < -0.39 is 5.97 Å². The van der Waals surface area contributed by atoms with Crippen molar-refractivity contribution in [3.63, 3.8) is 0 Å². The van der Waals surface area contributed by atoms with E-state index in [4.69, 9.17) is 0 Å². The van der Waals surface area contributed by atoms with Crippen molar-refractivity contribution in [3.8, 4) is 0 Å². The molecule has 0 radical (unpaired) electrons. The molecule has 0 heterocycles. The number of carbonyl (C=O) groups is 1. The summed E-state index contributed by atoms with van der Waals surface area (Å²) in [4.78, 5) is 11.3. The molecule has 0 aliphatic heterocycles. The Bertz CT molecular complexity index is 240. The Balaban J connectivity index is 2.53. The average molecular weight is 258 g/mol. The van der Waals surface area contributed by atoms with Crippen molar-refractivity contribution in [2.24, 2.45) is 23.7 Å². The van der Waals surface area contributed by atoms with Crippen LogP contribution in [-0.2, 0) is 4.79 Å². The van der Waals surface area contributed by atoms with Gasteiger partial charge in [0.1, 0.15) is 0 Å². The topological polar surface area (TPSA) is 37.3 Å². The zero-order valence-electron chi connectivity index (χ0n) is 11.3. The van der Waals surface area contributed by atoms with E-state index in [0.717, 1.165) is 43.1 Å². The summed E-state index contributed by atoms with van der Waals surface area (Å²) in [6, 6.07) is 0. The van der Waals surface area contributed by atoms with Gasteiger partial charge >= 0.3 is 5.97 Å². The highest BCUT2D eigenvalue weighted by Gasteiger charge is 2.35. The highest BCUT2D eigenvalue weighted by Crippen LogP contribution is 2.39. The SMILES string of the molecule is CCSCCC1CC(C(C)C)CCC1C(=O)O. The van der Waals surface area contributed by atoms with Crippen LogP contribution >= 0.6 is 11.8 Å². The van der Waals surface area contributed by atoms with Crippen molar-refractivity contribution in [1.29, 1.82) is 0 Å². The van der Waals surface area contributed by atoms with E-state index in [9.17, 15) is 9.90 Å². The van der Waals surface area contributed by atoms with Gasteiger partial charge in [-0.05, 0) is 54.9 Å². The number of hydrogen-bond donors (Lipinski definition) is 1. The number of hydrogen-bond acceptors (Lipinski definition) is 2. The minimum Gasteiger partial charge on any atom is -0.481 e. The third-order valence-electron chi connectivity index (χ3n) is 4.12. The number of carboxylic acids is 1. The maximum atomic E-state index is 11.3. The molecule has 2 nitrogen and oxygen atoms in total. The van der Waals surface area contributed by atoms with Gasteiger partial charge in [0.2, 0.25) is 0 Å². The zero-order valence-corrected chi connectivity index (χ0v) is 12.1. The van der Waals surface area contributed by atoms with Gasteiger partial charge in [0.05, 0.1) is 5.92 Å². The van der Waals surface area contributed by atoms with Gasteiger partial charge in [-0.1, -0.05) is 20.8 Å². The summed E-state index contributed by atoms with van der Waals surface area (Å²) in [6.07, 6.45) is 4.20. The van der Waals surface area contributed by atoms with Crippen LogP contribution in [0.3, 0.4) is 0 Å². The molecule has 0 amide bonds. The van der Waals surface area contributed by atoms with Crippen LogP contribution in [0.4, 0.5) is 0 Å². The Kier molecular flexibility index (Phi) is 6.39. The van der Waals surface area contributed by atoms with Crippen LogP contribution in [0.5, 0.6) is 0 Å². The molecule has 17 heavy (non-hydrogen) atoms. The van der Waals surface area contributed by atoms with E-state index >= 15 is 0 Å². The Morgan fingerprint density at radius 1 is 1.41 bits per heavy atom. The highest BCUT2D eigenvalue weighted by atomic mass is 32.2. The van der Waals surface area contributed by atoms with Crippen LogP contribution in [0.1, 0.15) is 46.5 Å². The van der Waals surface area contributed by atoms with Gasteiger partial charge in [-0.15, -0.1) is 0 Å². The third kappa shape index (κ3) is 4.53. The van der Waals surface area contributed by atoms with Crippen molar-refractivity contribution >= 4 is 17.7 Å². The monoisotopic (exact) mass is 258 g/mol. The van der Waals surface area contributed by atoms with Crippen LogP contribution in [0, 0.1) is 23.7 Å². The first-order chi connectivity index (χ1) is 8.06. The normalized spacial score (nSPS) is 29.5. The summed E-state index contributed by atoms with van der Waals surface area (Å²) in [6.45, 7) is 6.70. The lowest BCUT2D eigenvalue weighted by molar-refractivity contribution is -0.145. The summed E-state index contributed by atoms with van der Waals surface area (Å²) in [5.74, 6) is 3.45. The second-order valence-corrected chi connectivity index (χ2v) is 6.90. The molecule has 0 aromatic heterocycles. The molecule has 3 heteroatoms. The first-order valence-corrected chi connectivity index (χ1v) is 8.02. The summed E-state index contributed by atoms with van der Waals surface area (Å²) >= 11 is 1.93. The van der Waals surface area contributed by atoms with Crippen LogP contribution in [0.2, 0.25) is 0 Å². The van der Waals surface area contributed by atoms with Crippen LogP contribution in [0.15, 0.2) is 0 Å². The molecule has 0 bridgehead atoms. The lowest BCUT2D eigenvalue weighted by atomic mass is 9.70. The van der Waals surface area contributed by atoms with Crippen molar-refractivity contribution in [3.05, 3.63) is 0 Å². The third-order valence-corrected chi connectivity index (χ3v) is 5.05. The van der Waals surface area contributed by atoms with Crippen molar-refractivity contribution in [2.45, 2.75) is 46.5 Å². The lowest BCUT2D eigenvalue weighted by Gasteiger charge is -2.36. The Hall–Kier alpha value is -0.180. The summed E-state index contributed by atoms with van der Waals surface area (Å²) in [7, 11) is 0. The van der Waals surface area contributed by atoms with Crippen LogP contribution in [-0.4, -0.2) is 22.6 Å². The molecule has 1 aliphatic rings. The molecule has 3 atom stereocenters. The fourth-order valence-electron chi connectivity index (χ4n) is 2.93. The van der Waals surface area contributed by atoms with Gasteiger partial charge in [-0.3, -0.25) is 4.79 Å². The molecule has 3 unspecified atom stereocenters. The van der Waals surface area contributed by atoms with E-state index in [1.807, 2.05) is 11.8 Å². The van der Waals surface area contributed by atoms with Crippen molar-refractivity contribution in [1.82, 2.24) is 0 Å². The zero-order chi connectivity index (χ0) is 12.8. The molecule has 0 saturated heterocycles. The second kappa shape index (κ2) is 7.30. The molecule has 1 aliphatic carbocycles. The molecule has 1 N–H and O–H groups in total. The molecule has 0 aromatic carbocycles. The van der Waals surface area contributed by atoms with Crippen LogP contribution in [0.25, 0.3) is 0 Å². The van der Waals surface area contributed by atoms with E-state index in [0.29, 0.717) is 11.8 Å². The van der Waals surface area contributed by atoms with Gasteiger partial charge in [0.25, 0.3) is 0 Å². The maximum Gasteiger partial charge on any atom is 0.306 e. The van der Waals surface area contributed by atoms with Crippen molar-refractivity contribution in [2.75, 3.05) is 11.5 Å². The van der Waals surface area contributed by atoms with Crippen molar-refractivity contribution < 1.29 is 9.90 Å². The summed E-state index contributed by atoms with van der Waals surface area (Å²) in [5.41, 5.74) is 0. The first kappa shape index (κ1) is 14.9. The molecule has 1 saturated carbocycles. The van der Waals surface area contributed by atoms with E-state index in [1.165, 1.54) is 0 Å². The Morgan fingerprint density at radius 2 is 2.12 bits per heavy atom. The Morgan fingerprint density at radius 3 is 2.65 bits per heavy atom. The van der Waals surface area contributed by atoms with E-state index in [1.54, 1.807) is 0 Å². The minimum atomic E-state index is -0.571. The summed E-state index contributed by atoms with van der Waals surface area (Å²) in [5, 5.41) is 9.28. The molecular weight excluding hydrogens is 232 g/mol. The van der Waals surface area contributed by atoms with Gasteiger partial charge in [-0.2, -0.15) is 11.8 Å². The highest BCUT2D eigenvalue weighted by molar-refractivity contribution is 7.99. The molecule has 0 spiro atoms. The fraction of sp³-hybridized carbons (Fsp3) is 0.929. The lowest BCUT2D eigenvalue weighted by Crippen LogP contribution is -2.32. The van der Waals surface area contributed by atoms with Gasteiger partial charge in [0.15, 0.2) is 0 Å².